The fourth-order valence-electron chi connectivity index (χ4n) is 0.870. The molecule has 1 atom stereocenters. The minimum atomic E-state index is -0.432. The highest BCUT2D eigenvalue weighted by molar-refractivity contribution is 4.91. The van der Waals surface area contributed by atoms with Crippen LogP contribution in [0.2, 0.25) is 0 Å². The van der Waals surface area contributed by atoms with Gasteiger partial charge < -0.3 is 5.11 Å². The Morgan fingerprint density at radius 3 is 3.08 bits per heavy atom. The first-order valence-electron chi connectivity index (χ1n) is 3.57. The third-order valence-electron chi connectivity index (χ3n) is 1.52. The molecule has 0 aliphatic heterocycles. The standard InChI is InChI=1S/C8H10N2O2/c1-2-7(6-11)10-8(12)4-3-5-9-10/h2-5,7,11H,1,6H2/t7-/m0/s1. The number of aliphatic hydroxyl groups is 1. The van der Waals surface area contributed by atoms with Crippen LogP contribution >= 0.6 is 0 Å². The first-order valence-corrected chi connectivity index (χ1v) is 3.57. The Balaban J connectivity index is 3.08. The zero-order valence-electron chi connectivity index (χ0n) is 6.55. The number of hydrogen-bond acceptors (Lipinski definition) is 3. The maximum absolute atomic E-state index is 11.1. The molecule has 0 spiro atoms. The number of rotatable bonds is 3. The molecule has 1 aromatic heterocycles. The molecule has 0 aliphatic rings. The summed E-state index contributed by atoms with van der Waals surface area (Å²) in [6.45, 7) is 3.32. The highest BCUT2D eigenvalue weighted by Crippen LogP contribution is 1.98. The third-order valence-corrected chi connectivity index (χ3v) is 1.52. The van der Waals surface area contributed by atoms with E-state index < -0.39 is 6.04 Å². The summed E-state index contributed by atoms with van der Waals surface area (Å²) in [7, 11) is 0. The van der Waals surface area contributed by atoms with Gasteiger partial charge in [-0.1, -0.05) is 6.08 Å². The Hall–Kier alpha value is -1.42. The van der Waals surface area contributed by atoms with Crippen LogP contribution in [0, 0.1) is 0 Å². The molecule has 0 fully saturated rings. The van der Waals surface area contributed by atoms with Crippen LogP contribution < -0.4 is 5.56 Å². The molecule has 0 aromatic carbocycles. The summed E-state index contributed by atoms with van der Waals surface area (Å²) in [6, 6.07) is 2.51. The average Bonchev–Trinajstić information content (AvgIpc) is 2.10. The van der Waals surface area contributed by atoms with Gasteiger partial charge in [0, 0.05) is 12.3 Å². The van der Waals surface area contributed by atoms with Gasteiger partial charge in [0.15, 0.2) is 0 Å². The van der Waals surface area contributed by atoms with Gasteiger partial charge in [-0.05, 0) is 6.07 Å². The lowest BCUT2D eigenvalue weighted by molar-refractivity contribution is 0.241. The average molecular weight is 166 g/mol. The number of hydrogen-bond donors (Lipinski definition) is 1. The minimum absolute atomic E-state index is 0.166. The summed E-state index contributed by atoms with van der Waals surface area (Å²) in [5.41, 5.74) is -0.239. The second-order valence-electron chi connectivity index (χ2n) is 2.29. The van der Waals surface area contributed by atoms with Crippen molar-refractivity contribution in [3.63, 3.8) is 0 Å². The van der Waals surface area contributed by atoms with Gasteiger partial charge in [-0.2, -0.15) is 5.10 Å². The van der Waals surface area contributed by atoms with E-state index in [1.807, 2.05) is 0 Å². The van der Waals surface area contributed by atoms with E-state index in [4.69, 9.17) is 5.11 Å². The van der Waals surface area contributed by atoms with Crippen LogP contribution in [0.15, 0.2) is 35.8 Å². The van der Waals surface area contributed by atoms with Gasteiger partial charge in [-0.15, -0.1) is 6.58 Å². The van der Waals surface area contributed by atoms with Crippen molar-refractivity contribution >= 4 is 0 Å². The largest absolute Gasteiger partial charge is 0.394 e. The number of aliphatic hydroxyl groups excluding tert-OH is 1. The molecule has 0 bridgehead atoms. The summed E-state index contributed by atoms with van der Waals surface area (Å²) in [5.74, 6) is 0. The van der Waals surface area contributed by atoms with Crippen LogP contribution in [-0.4, -0.2) is 21.5 Å². The van der Waals surface area contributed by atoms with E-state index in [0.717, 1.165) is 0 Å². The number of aromatic nitrogens is 2. The second kappa shape index (κ2) is 3.82. The lowest BCUT2D eigenvalue weighted by Crippen LogP contribution is -2.26. The van der Waals surface area contributed by atoms with Crippen molar-refractivity contribution < 1.29 is 5.11 Å². The van der Waals surface area contributed by atoms with Crippen molar-refractivity contribution in [3.8, 4) is 0 Å². The normalized spacial score (nSPS) is 12.4. The van der Waals surface area contributed by atoms with E-state index in [1.54, 1.807) is 6.07 Å². The van der Waals surface area contributed by atoms with Crippen molar-refractivity contribution in [3.05, 3.63) is 41.3 Å². The van der Waals surface area contributed by atoms with Crippen molar-refractivity contribution in [1.29, 1.82) is 0 Å². The molecule has 1 heterocycles. The lowest BCUT2D eigenvalue weighted by atomic mass is 10.3. The molecule has 0 saturated heterocycles. The fourth-order valence-corrected chi connectivity index (χ4v) is 0.870. The Bertz CT molecular complexity index is 319. The van der Waals surface area contributed by atoms with Crippen LogP contribution in [0.4, 0.5) is 0 Å². The van der Waals surface area contributed by atoms with Gasteiger partial charge in [0.25, 0.3) is 5.56 Å². The van der Waals surface area contributed by atoms with E-state index >= 15 is 0 Å². The molecule has 0 aliphatic carbocycles. The van der Waals surface area contributed by atoms with Gasteiger partial charge in [-0.3, -0.25) is 4.79 Å². The highest BCUT2D eigenvalue weighted by Gasteiger charge is 2.05. The highest BCUT2D eigenvalue weighted by atomic mass is 16.3. The topological polar surface area (TPSA) is 55.1 Å². The SMILES string of the molecule is C=C[C@@H](CO)n1ncccc1=O. The van der Waals surface area contributed by atoms with E-state index in [2.05, 4.69) is 11.7 Å². The van der Waals surface area contributed by atoms with Crippen molar-refractivity contribution in [1.82, 2.24) is 9.78 Å². The molecule has 1 aromatic rings. The molecule has 12 heavy (non-hydrogen) atoms. The van der Waals surface area contributed by atoms with Crippen LogP contribution in [0.5, 0.6) is 0 Å². The summed E-state index contributed by atoms with van der Waals surface area (Å²) in [6.07, 6.45) is 2.97. The maximum atomic E-state index is 11.1. The summed E-state index contributed by atoms with van der Waals surface area (Å²) in [5, 5.41) is 12.6. The predicted octanol–water partition coefficient (Wildman–Crippen LogP) is -0.0373. The molecule has 0 unspecified atom stereocenters. The first kappa shape index (κ1) is 8.67. The van der Waals surface area contributed by atoms with E-state index in [0.29, 0.717) is 0 Å². The minimum Gasteiger partial charge on any atom is -0.394 e. The van der Waals surface area contributed by atoms with E-state index in [1.165, 1.54) is 23.0 Å². The molecule has 4 nitrogen and oxygen atoms in total. The van der Waals surface area contributed by atoms with Gasteiger partial charge in [-0.25, -0.2) is 4.68 Å². The Labute approximate surface area is 69.8 Å². The molecule has 1 N–H and O–H groups in total. The Morgan fingerprint density at radius 2 is 2.58 bits per heavy atom. The predicted molar refractivity (Wildman–Crippen MR) is 44.8 cm³/mol. The smallest absolute Gasteiger partial charge is 0.267 e. The van der Waals surface area contributed by atoms with Crippen LogP contribution in [0.25, 0.3) is 0 Å². The molecule has 64 valence electrons. The van der Waals surface area contributed by atoms with Crippen LogP contribution in [0.1, 0.15) is 6.04 Å². The molecular formula is C8H10N2O2. The van der Waals surface area contributed by atoms with E-state index in [9.17, 15) is 4.79 Å². The zero-order valence-corrected chi connectivity index (χ0v) is 6.55. The van der Waals surface area contributed by atoms with Crippen molar-refractivity contribution in [2.75, 3.05) is 6.61 Å². The molecular weight excluding hydrogens is 156 g/mol. The molecule has 4 heteroatoms. The fraction of sp³-hybridized carbons (Fsp3) is 0.250. The van der Waals surface area contributed by atoms with Crippen molar-refractivity contribution in [2.45, 2.75) is 6.04 Å². The molecule has 0 amide bonds. The summed E-state index contributed by atoms with van der Waals surface area (Å²) in [4.78, 5) is 11.1. The van der Waals surface area contributed by atoms with E-state index in [-0.39, 0.29) is 12.2 Å². The number of nitrogens with zero attached hydrogens (tertiary/aromatic N) is 2. The monoisotopic (exact) mass is 166 g/mol. The van der Waals surface area contributed by atoms with Gasteiger partial charge in [0.05, 0.1) is 12.6 Å². The molecule has 0 saturated carbocycles. The van der Waals surface area contributed by atoms with Gasteiger partial charge >= 0.3 is 0 Å². The third kappa shape index (κ3) is 1.60. The quantitative estimate of drug-likeness (QED) is 0.641. The second-order valence-corrected chi connectivity index (χ2v) is 2.29. The van der Waals surface area contributed by atoms with Crippen LogP contribution in [0.3, 0.4) is 0 Å². The molecule has 1 rings (SSSR count). The van der Waals surface area contributed by atoms with Crippen LogP contribution in [-0.2, 0) is 0 Å². The summed E-state index contributed by atoms with van der Waals surface area (Å²) >= 11 is 0. The molecule has 0 radical (unpaired) electrons. The zero-order chi connectivity index (χ0) is 8.97. The van der Waals surface area contributed by atoms with Crippen molar-refractivity contribution in [2.24, 2.45) is 0 Å². The lowest BCUT2D eigenvalue weighted by Gasteiger charge is -2.09. The Morgan fingerprint density at radius 1 is 1.83 bits per heavy atom. The Kier molecular flexibility index (Phi) is 2.76. The van der Waals surface area contributed by atoms with Gasteiger partial charge in [0.2, 0.25) is 0 Å². The summed E-state index contributed by atoms with van der Waals surface area (Å²) < 4.78 is 1.19. The maximum Gasteiger partial charge on any atom is 0.267 e. The first-order chi connectivity index (χ1) is 5.79. The van der Waals surface area contributed by atoms with Gasteiger partial charge in [0.1, 0.15) is 0 Å².